The average Bonchev–Trinajstić information content (AvgIpc) is 3.45. The van der Waals surface area contributed by atoms with Crippen LogP contribution in [0.15, 0.2) is 47.1 Å². The van der Waals surface area contributed by atoms with E-state index in [0.717, 1.165) is 36.3 Å². The number of fused-ring (bicyclic) bond motifs is 2. The van der Waals surface area contributed by atoms with E-state index in [2.05, 4.69) is 15.3 Å². The summed E-state index contributed by atoms with van der Waals surface area (Å²) in [5.74, 6) is 1.26. The van der Waals surface area contributed by atoms with Gasteiger partial charge < -0.3 is 24.2 Å². The Kier molecular flexibility index (Phi) is 4.02. The molecule has 0 bridgehead atoms. The summed E-state index contributed by atoms with van der Waals surface area (Å²) < 4.78 is 16.4. The molecule has 4 aromatic rings. The van der Waals surface area contributed by atoms with Crippen molar-refractivity contribution >= 4 is 33.6 Å². The highest BCUT2D eigenvalue weighted by Gasteiger charge is 2.21. The zero-order valence-corrected chi connectivity index (χ0v) is 15.3. The average molecular weight is 377 g/mol. The van der Waals surface area contributed by atoms with E-state index in [9.17, 15) is 4.79 Å². The Morgan fingerprint density at radius 3 is 3.04 bits per heavy atom. The minimum absolute atomic E-state index is 0.0257. The van der Waals surface area contributed by atoms with E-state index < -0.39 is 0 Å². The summed E-state index contributed by atoms with van der Waals surface area (Å²) in [6, 6.07) is 11.0. The van der Waals surface area contributed by atoms with Gasteiger partial charge in [-0.2, -0.15) is 0 Å². The molecule has 7 nitrogen and oxygen atoms in total. The van der Waals surface area contributed by atoms with E-state index in [0.29, 0.717) is 28.0 Å². The number of nitrogens with one attached hydrogen (secondary N) is 2. The number of imidazole rings is 1. The molecular weight excluding hydrogens is 358 g/mol. The number of aromatic amines is 1. The second-order valence-corrected chi connectivity index (χ2v) is 6.82. The van der Waals surface area contributed by atoms with Gasteiger partial charge in [-0.05, 0) is 49.2 Å². The molecule has 1 aliphatic heterocycles. The normalized spacial score (nSPS) is 16.7. The molecule has 2 N–H and O–H groups in total. The molecule has 7 heteroatoms. The van der Waals surface area contributed by atoms with E-state index in [4.69, 9.17) is 13.9 Å². The third-order valence-corrected chi connectivity index (χ3v) is 5.02. The maximum atomic E-state index is 12.8. The van der Waals surface area contributed by atoms with Crippen molar-refractivity contribution in [2.75, 3.05) is 19.0 Å². The number of methoxy groups -OCH3 is 1. The summed E-state index contributed by atoms with van der Waals surface area (Å²) >= 11 is 0. The minimum atomic E-state index is -0.245. The van der Waals surface area contributed by atoms with Crippen LogP contribution in [0, 0.1) is 0 Å². The highest BCUT2D eigenvalue weighted by molar-refractivity contribution is 6.12. The Balaban J connectivity index is 1.42. The molecule has 0 radical (unpaired) electrons. The van der Waals surface area contributed by atoms with Crippen molar-refractivity contribution in [3.8, 4) is 5.75 Å². The van der Waals surface area contributed by atoms with Crippen molar-refractivity contribution < 1.29 is 18.7 Å². The fraction of sp³-hybridized carbons (Fsp3) is 0.238. The summed E-state index contributed by atoms with van der Waals surface area (Å²) in [6.45, 7) is 0.770. The van der Waals surface area contributed by atoms with E-state index >= 15 is 0 Å². The molecular formula is C21H19N3O4. The Bertz CT molecular complexity index is 1170. The first kappa shape index (κ1) is 16.8. The fourth-order valence-corrected chi connectivity index (χ4v) is 3.56. The molecule has 1 fully saturated rings. The number of ether oxygens (including phenoxy) is 2. The van der Waals surface area contributed by atoms with Crippen molar-refractivity contribution in [2.24, 2.45) is 0 Å². The highest BCUT2D eigenvalue weighted by atomic mass is 16.5. The van der Waals surface area contributed by atoms with Gasteiger partial charge in [-0.3, -0.25) is 4.79 Å². The molecule has 0 saturated carbocycles. The highest BCUT2D eigenvalue weighted by Crippen LogP contribution is 2.29. The fourth-order valence-electron chi connectivity index (χ4n) is 3.56. The van der Waals surface area contributed by atoms with Crippen LogP contribution < -0.4 is 10.1 Å². The standard InChI is InChI=1S/C21H19N3O4/c1-26-13-5-7-18-14(10-13)15(11-28-18)21(25)22-12-4-6-16-17(9-12)24-20(23-16)19-3-2-8-27-19/h4-7,9-11,19H,2-3,8H2,1H3,(H,22,25)(H,23,24). The van der Waals surface area contributed by atoms with Gasteiger partial charge in [-0.15, -0.1) is 0 Å². The molecule has 0 aliphatic carbocycles. The van der Waals surface area contributed by atoms with Crippen LogP contribution in [-0.2, 0) is 4.74 Å². The van der Waals surface area contributed by atoms with E-state index in [1.165, 1.54) is 6.26 Å². The van der Waals surface area contributed by atoms with Crippen LogP contribution in [0.5, 0.6) is 5.75 Å². The maximum absolute atomic E-state index is 12.8. The largest absolute Gasteiger partial charge is 0.497 e. The zero-order chi connectivity index (χ0) is 19.1. The SMILES string of the molecule is COc1ccc2occ(C(=O)Nc3ccc4nc(C5CCCO5)[nH]c4c3)c2c1. The lowest BCUT2D eigenvalue weighted by molar-refractivity contribution is 0.102. The second kappa shape index (κ2) is 6.69. The predicted octanol–water partition coefficient (Wildman–Crippen LogP) is 4.42. The van der Waals surface area contributed by atoms with Gasteiger partial charge in [-0.25, -0.2) is 4.98 Å². The van der Waals surface area contributed by atoms with E-state index in [1.807, 2.05) is 18.2 Å². The number of hydrogen-bond acceptors (Lipinski definition) is 5. The quantitative estimate of drug-likeness (QED) is 0.549. The predicted molar refractivity (Wildman–Crippen MR) is 105 cm³/mol. The Morgan fingerprint density at radius 2 is 2.21 bits per heavy atom. The van der Waals surface area contributed by atoms with E-state index in [-0.39, 0.29) is 12.0 Å². The van der Waals surface area contributed by atoms with Gasteiger partial charge in [0.2, 0.25) is 0 Å². The smallest absolute Gasteiger partial charge is 0.259 e. The lowest BCUT2D eigenvalue weighted by atomic mass is 10.1. The van der Waals surface area contributed by atoms with Crippen molar-refractivity contribution in [1.29, 1.82) is 0 Å². The van der Waals surface area contributed by atoms with Crippen LogP contribution in [-0.4, -0.2) is 29.6 Å². The molecule has 0 spiro atoms. The lowest BCUT2D eigenvalue weighted by Gasteiger charge is -2.05. The monoisotopic (exact) mass is 377 g/mol. The van der Waals surface area contributed by atoms with Crippen molar-refractivity contribution in [1.82, 2.24) is 9.97 Å². The Hall–Kier alpha value is -3.32. The molecule has 1 aliphatic rings. The first-order valence-electron chi connectivity index (χ1n) is 9.19. The number of rotatable bonds is 4. The summed E-state index contributed by atoms with van der Waals surface area (Å²) in [5, 5.41) is 3.63. The minimum Gasteiger partial charge on any atom is -0.497 e. The second-order valence-electron chi connectivity index (χ2n) is 6.82. The van der Waals surface area contributed by atoms with Crippen LogP contribution in [0.4, 0.5) is 5.69 Å². The lowest BCUT2D eigenvalue weighted by Crippen LogP contribution is -2.11. The molecule has 142 valence electrons. The van der Waals surface area contributed by atoms with Gasteiger partial charge >= 0.3 is 0 Å². The topological polar surface area (TPSA) is 89.4 Å². The van der Waals surface area contributed by atoms with Crippen molar-refractivity contribution in [2.45, 2.75) is 18.9 Å². The molecule has 2 aromatic carbocycles. The van der Waals surface area contributed by atoms with Crippen LogP contribution in [0.3, 0.4) is 0 Å². The molecule has 3 heterocycles. The summed E-state index contributed by atoms with van der Waals surface area (Å²) in [5.41, 5.74) is 3.48. The van der Waals surface area contributed by atoms with Gasteiger partial charge in [-0.1, -0.05) is 0 Å². The summed E-state index contributed by atoms with van der Waals surface area (Å²) in [7, 11) is 1.59. The molecule has 1 saturated heterocycles. The maximum Gasteiger partial charge on any atom is 0.259 e. The van der Waals surface area contributed by atoms with Crippen LogP contribution in [0.2, 0.25) is 0 Å². The van der Waals surface area contributed by atoms with Gasteiger partial charge in [0.15, 0.2) is 0 Å². The molecule has 5 rings (SSSR count). The number of anilines is 1. The Labute approximate surface area is 160 Å². The van der Waals surface area contributed by atoms with Gasteiger partial charge in [0.25, 0.3) is 5.91 Å². The van der Waals surface area contributed by atoms with Crippen molar-refractivity contribution in [3.63, 3.8) is 0 Å². The first-order chi connectivity index (χ1) is 13.7. The molecule has 1 unspecified atom stereocenters. The number of aromatic nitrogens is 2. The molecule has 1 atom stereocenters. The van der Waals surface area contributed by atoms with Crippen molar-refractivity contribution in [3.05, 3.63) is 54.0 Å². The molecule has 2 aromatic heterocycles. The Morgan fingerprint density at radius 1 is 1.29 bits per heavy atom. The molecule has 28 heavy (non-hydrogen) atoms. The number of carbonyl (C=O) groups is 1. The molecule has 1 amide bonds. The number of nitrogens with zero attached hydrogens (tertiary/aromatic N) is 1. The summed E-state index contributed by atoms with van der Waals surface area (Å²) in [6.07, 6.45) is 3.51. The van der Waals surface area contributed by atoms with Crippen LogP contribution in [0.25, 0.3) is 22.0 Å². The number of H-pyrrole nitrogens is 1. The van der Waals surface area contributed by atoms with E-state index in [1.54, 1.807) is 25.3 Å². The van der Waals surface area contributed by atoms with Crippen LogP contribution >= 0.6 is 0 Å². The van der Waals surface area contributed by atoms with Gasteiger partial charge in [0.1, 0.15) is 29.5 Å². The van der Waals surface area contributed by atoms with Gasteiger partial charge in [0, 0.05) is 17.7 Å². The number of hydrogen-bond donors (Lipinski definition) is 2. The number of benzene rings is 2. The zero-order valence-electron chi connectivity index (χ0n) is 15.3. The number of furan rings is 1. The third kappa shape index (κ3) is 2.90. The van der Waals surface area contributed by atoms with Gasteiger partial charge in [0.05, 0.1) is 23.7 Å². The number of carbonyl (C=O) groups excluding carboxylic acids is 1. The third-order valence-electron chi connectivity index (χ3n) is 5.02. The van der Waals surface area contributed by atoms with Crippen LogP contribution in [0.1, 0.15) is 35.1 Å². The first-order valence-corrected chi connectivity index (χ1v) is 9.19. The number of amides is 1. The summed E-state index contributed by atoms with van der Waals surface area (Å²) in [4.78, 5) is 20.7.